The summed E-state index contributed by atoms with van der Waals surface area (Å²) in [5.41, 5.74) is 7.53. The van der Waals surface area contributed by atoms with Crippen LogP contribution in [0.1, 0.15) is 0 Å². The van der Waals surface area contributed by atoms with Gasteiger partial charge in [0.25, 0.3) is 0 Å². The van der Waals surface area contributed by atoms with Crippen LogP contribution in [0.25, 0.3) is 96.6 Å². The SMILES string of the molecule is c1ccc(-c2c3ccccc3c(-c3cccc(-c4ccc5c(c4)c4ccccc4c4c6ccccc6sc54)c3)c3ccccc23)cc1. The van der Waals surface area contributed by atoms with Crippen LogP contribution in [0.5, 0.6) is 0 Å². The summed E-state index contributed by atoms with van der Waals surface area (Å²) in [6, 6.07) is 62.6. The molecule has 0 aliphatic heterocycles. The largest absolute Gasteiger partial charge is 0.135 e. The molecular weight excluding hydrogens is 585 g/mol. The van der Waals surface area contributed by atoms with Gasteiger partial charge in [-0.3, -0.25) is 0 Å². The summed E-state index contributed by atoms with van der Waals surface area (Å²) in [6.07, 6.45) is 0. The van der Waals surface area contributed by atoms with Gasteiger partial charge in [0.15, 0.2) is 0 Å². The number of fused-ring (bicyclic) bond motifs is 10. The van der Waals surface area contributed by atoms with Crippen LogP contribution in [0.3, 0.4) is 0 Å². The van der Waals surface area contributed by atoms with Crippen molar-refractivity contribution in [2.24, 2.45) is 0 Å². The average molecular weight is 613 g/mol. The molecule has 0 aliphatic rings. The Morgan fingerprint density at radius 2 is 0.787 bits per heavy atom. The van der Waals surface area contributed by atoms with Crippen LogP contribution in [-0.2, 0) is 0 Å². The predicted molar refractivity (Wildman–Crippen MR) is 206 cm³/mol. The molecule has 0 nitrogen and oxygen atoms in total. The second-order valence-corrected chi connectivity index (χ2v) is 13.4. The topological polar surface area (TPSA) is 0 Å². The predicted octanol–water partition coefficient (Wildman–Crippen LogP) is 13.7. The van der Waals surface area contributed by atoms with Gasteiger partial charge in [0.2, 0.25) is 0 Å². The molecule has 1 aromatic heterocycles. The second-order valence-electron chi connectivity index (χ2n) is 12.4. The molecule has 218 valence electrons. The van der Waals surface area contributed by atoms with Crippen molar-refractivity contribution in [3.63, 3.8) is 0 Å². The van der Waals surface area contributed by atoms with Gasteiger partial charge in [0, 0.05) is 25.6 Å². The Balaban J connectivity index is 1.22. The van der Waals surface area contributed by atoms with E-state index in [1.165, 1.54) is 96.6 Å². The van der Waals surface area contributed by atoms with Gasteiger partial charge in [-0.1, -0.05) is 152 Å². The van der Waals surface area contributed by atoms with E-state index >= 15 is 0 Å². The van der Waals surface area contributed by atoms with Crippen molar-refractivity contribution in [1.29, 1.82) is 0 Å². The molecule has 1 heterocycles. The van der Waals surface area contributed by atoms with Gasteiger partial charge < -0.3 is 0 Å². The zero-order valence-electron chi connectivity index (χ0n) is 25.6. The summed E-state index contributed by atoms with van der Waals surface area (Å²) in [5, 5.41) is 13.1. The Morgan fingerprint density at radius 3 is 1.49 bits per heavy atom. The van der Waals surface area contributed by atoms with E-state index in [0.29, 0.717) is 0 Å². The lowest BCUT2D eigenvalue weighted by Gasteiger charge is -2.18. The van der Waals surface area contributed by atoms with Crippen LogP contribution in [0.2, 0.25) is 0 Å². The summed E-state index contributed by atoms with van der Waals surface area (Å²) in [7, 11) is 0. The highest BCUT2D eigenvalue weighted by Gasteiger charge is 2.18. The molecule has 0 saturated heterocycles. The quantitative estimate of drug-likeness (QED) is 0.138. The lowest BCUT2D eigenvalue weighted by molar-refractivity contribution is 1.63. The Kier molecular flexibility index (Phi) is 5.85. The maximum atomic E-state index is 2.41. The molecule has 0 atom stereocenters. The zero-order valence-corrected chi connectivity index (χ0v) is 26.4. The van der Waals surface area contributed by atoms with Crippen molar-refractivity contribution in [3.05, 3.63) is 170 Å². The molecule has 0 saturated carbocycles. The number of thiophene rings is 1. The molecule has 0 unspecified atom stereocenters. The third kappa shape index (κ3) is 4.00. The lowest BCUT2D eigenvalue weighted by atomic mass is 9.85. The molecular formula is C46H28S. The van der Waals surface area contributed by atoms with Crippen molar-refractivity contribution < 1.29 is 0 Å². The Morgan fingerprint density at radius 1 is 0.277 bits per heavy atom. The van der Waals surface area contributed by atoms with Gasteiger partial charge in [-0.25, -0.2) is 0 Å². The first-order chi connectivity index (χ1) is 23.3. The summed E-state index contributed by atoms with van der Waals surface area (Å²) in [5.74, 6) is 0. The van der Waals surface area contributed by atoms with E-state index < -0.39 is 0 Å². The average Bonchev–Trinajstić information content (AvgIpc) is 3.54. The fourth-order valence-corrected chi connectivity index (χ4v) is 9.05. The van der Waals surface area contributed by atoms with Crippen molar-refractivity contribution in [3.8, 4) is 33.4 Å². The van der Waals surface area contributed by atoms with Gasteiger partial charge in [0.1, 0.15) is 0 Å². The molecule has 0 spiro atoms. The molecule has 47 heavy (non-hydrogen) atoms. The fourth-order valence-electron chi connectivity index (χ4n) is 7.79. The van der Waals surface area contributed by atoms with Crippen LogP contribution in [0, 0.1) is 0 Å². The van der Waals surface area contributed by atoms with E-state index in [-0.39, 0.29) is 0 Å². The molecule has 0 radical (unpaired) electrons. The monoisotopic (exact) mass is 612 g/mol. The molecule has 9 aromatic carbocycles. The molecule has 1 heteroatoms. The number of benzene rings is 9. The number of hydrogen-bond donors (Lipinski definition) is 0. The van der Waals surface area contributed by atoms with Gasteiger partial charge in [0.05, 0.1) is 0 Å². The van der Waals surface area contributed by atoms with Crippen LogP contribution in [0.15, 0.2) is 170 Å². The van der Waals surface area contributed by atoms with Crippen molar-refractivity contribution in [2.45, 2.75) is 0 Å². The highest BCUT2D eigenvalue weighted by molar-refractivity contribution is 7.27. The molecule has 0 aliphatic carbocycles. The molecule has 0 bridgehead atoms. The van der Waals surface area contributed by atoms with Crippen LogP contribution in [-0.4, -0.2) is 0 Å². The fraction of sp³-hybridized carbons (Fsp3) is 0. The minimum Gasteiger partial charge on any atom is -0.135 e. The summed E-state index contributed by atoms with van der Waals surface area (Å²) >= 11 is 1.91. The van der Waals surface area contributed by atoms with Crippen molar-refractivity contribution in [2.75, 3.05) is 0 Å². The first kappa shape index (κ1) is 26.5. The van der Waals surface area contributed by atoms with E-state index in [4.69, 9.17) is 0 Å². The van der Waals surface area contributed by atoms with E-state index in [1.54, 1.807) is 0 Å². The third-order valence-electron chi connectivity index (χ3n) is 9.82. The Labute approximate surface area is 276 Å². The van der Waals surface area contributed by atoms with E-state index in [0.717, 1.165) is 0 Å². The summed E-state index contributed by atoms with van der Waals surface area (Å²) < 4.78 is 2.71. The highest BCUT2D eigenvalue weighted by Crippen LogP contribution is 2.46. The number of rotatable bonds is 3. The summed E-state index contributed by atoms with van der Waals surface area (Å²) in [6.45, 7) is 0. The standard InChI is InChI=1S/C46H28S/c1-2-13-29(14-3-1)43-35-19-6-8-21-37(35)44(38-22-9-7-20-36(38)43)32-16-12-15-30(27-32)31-25-26-39-41(28-31)33-17-4-5-18-34(33)45-40-23-10-11-24-42(40)47-46(39)45/h1-28H. The van der Waals surface area contributed by atoms with Crippen LogP contribution in [0.4, 0.5) is 0 Å². The van der Waals surface area contributed by atoms with Crippen molar-refractivity contribution >= 4 is 74.6 Å². The summed E-state index contributed by atoms with van der Waals surface area (Å²) in [4.78, 5) is 0. The zero-order chi connectivity index (χ0) is 30.9. The first-order valence-corrected chi connectivity index (χ1v) is 17.0. The first-order valence-electron chi connectivity index (χ1n) is 16.2. The molecule has 10 aromatic rings. The second kappa shape index (κ2) is 10.4. The van der Waals surface area contributed by atoms with Gasteiger partial charge >= 0.3 is 0 Å². The van der Waals surface area contributed by atoms with Gasteiger partial charge in [-0.2, -0.15) is 0 Å². The maximum Gasteiger partial charge on any atom is 0.0440 e. The Hall–Kier alpha value is -5.76. The minimum absolute atomic E-state index is 1.23. The van der Waals surface area contributed by atoms with E-state index in [2.05, 4.69) is 170 Å². The highest BCUT2D eigenvalue weighted by atomic mass is 32.1. The van der Waals surface area contributed by atoms with E-state index in [9.17, 15) is 0 Å². The van der Waals surface area contributed by atoms with Crippen molar-refractivity contribution in [1.82, 2.24) is 0 Å². The Bertz CT molecular complexity index is 2780. The normalized spacial score (nSPS) is 11.8. The van der Waals surface area contributed by atoms with Crippen LogP contribution >= 0.6 is 11.3 Å². The maximum absolute atomic E-state index is 2.41. The van der Waals surface area contributed by atoms with Gasteiger partial charge in [-0.05, 0) is 89.3 Å². The van der Waals surface area contributed by atoms with Gasteiger partial charge in [-0.15, -0.1) is 11.3 Å². The third-order valence-corrected chi connectivity index (χ3v) is 11.0. The molecule has 0 N–H and O–H groups in total. The lowest BCUT2D eigenvalue weighted by Crippen LogP contribution is -1.91. The van der Waals surface area contributed by atoms with E-state index in [1.807, 2.05) is 11.3 Å². The molecule has 0 amide bonds. The molecule has 10 rings (SSSR count). The van der Waals surface area contributed by atoms with Crippen LogP contribution < -0.4 is 0 Å². The number of hydrogen-bond acceptors (Lipinski definition) is 1. The smallest absolute Gasteiger partial charge is 0.0440 e. The molecule has 0 fully saturated rings. The minimum atomic E-state index is 1.23.